The van der Waals surface area contributed by atoms with E-state index in [-0.39, 0.29) is 5.91 Å². The highest BCUT2D eigenvalue weighted by Crippen LogP contribution is 2.30. The monoisotopic (exact) mass is 233 g/mol. The summed E-state index contributed by atoms with van der Waals surface area (Å²) in [5, 5.41) is 5.67. The van der Waals surface area contributed by atoms with Crippen LogP contribution in [0.2, 0.25) is 0 Å². The van der Waals surface area contributed by atoms with Crippen molar-refractivity contribution in [1.29, 1.82) is 0 Å². The van der Waals surface area contributed by atoms with Gasteiger partial charge < -0.3 is 10.5 Å². The molecule has 5 heteroatoms. The lowest BCUT2D eigenvalue weighted by Crippen LogP contribution is -2.20. The summed E-state index contributed by atoms with van der Waals surface area (Å²) in [5.74, 6) is 0.594. The fraction of sp³-hybridized carbons (Fsp3) is 0.333. The second-order valence-electron chi connectivity index (χ2n) is 3.76. The van der Waals surface area contributed by atoms with E-state index in [1.54, 1.807) is 13.2 Å². The number of hydrazone groups is 1. The van der Waals surface area contributed by atoms with Gasteiger partial charge in [0.05, 0.1) is 13.5 Å². The summed E-state index contributed by atoms with van der Waals surface area (Å²) in [6.45, 7) is 0.506. The van der Waals surface area contributed by atoms with Crippen LogP contribution in [-0.2, 0) is 4.79 Å². The third-order valence-corrected chi connectivity index (χ3v) is 2.58. The van der Waals surface area contributed by atoms with Crippen molar-refractivity contribution in [3.05, 3.63) is 24.3 Å². The number of para-hydroxylation sites is 2. The molecule has 5 nitrogen and oxygen atoms in total. The van der Waals surface area contributed by atoms with Crippen LogP contribution in [0.4, 0.5) is 5.69 Å². The fourth-order valence-electron chi connectivity index (χ4n) is 1.78. The van der Waals surface area contributed by atoms with Crippen LogP contribution in [0.1, 0.15) is 12.8 Å². The van der Waals surface area contributed by atoms with Crippen LogP contribution in [0.25, 0.3) is 0 Å². The SMILES string of the molecule is COc1ccccc1N1N=C(CCN)CC1=O. The van der Waals surface area contributed by atoms with E-state index >= 15 is 0 Å². The first-order valence-corrected chi connectivity index (χ1v) is 5.48. The minimum absolute atomic E-state index is 0.0436. The van der Waals surface area contributed by atoms with Crippen LogP contribution in [0, 0.1) is 0 Å². The number of hydrogen-bond donors (Lipinski definition) is 1. The number of carbonyl (C=O) groups excluding carboxylic acids is 1. The number of rotatable bonds is 4. The molecule has 0 spiro atoms. The van der Waals surface area contributed by atoms with E-state index in [4.69, 9.17) is 10.5 Å². The molecule has 0 atom stereocenters. The predicted molar refractivity (Wildman–Crippen MR) is 66.2 cm³/mol. The number of carbonyl (C=O) groups is 1. The number of benzene rings is 1. The van der Waals surface area contributed by atoms with E-state index in [2.05, 4.69) is 5.10 Å². The molecule has 0 saturated heterocycles. The van der Waals surface area contributed by atoms with Crippen molar-refractivity contribution < 1.29 is 9.53 Å². The Labute approximate surface area is 99.9 Å². The molecule has 1 aliphatic rings. The van der Waals surface area contributed by atoms with Gasteiger partial charge in [-0.3, -0.25) is 4.79 Å². The van der Waals surface area contributed by atoms with Crippen molar-refractivity contribution in [3.8, 4) is 5.75 Å². The van der Waals surface area contributed by atoms with E-state index in [9.17, 15) is 4.79 Å². The Balaban J connectivity index is 2.30. The Hall–Kier alpha value is -1.88. The van der Waals surface area contributed by atoms with Crippen LogP contribution in [0.5, 0.6) is 5.75 Å². The van der Waals surface area contributed by atoms with E-state index < -0.39 is 0 Å². The summed E-state index contributed by atoms with van der Waals surface area (Å²) < 4.78 is 5.21. The van der Waals surface area contributed by atoms with Crippen LogP contribution in [-0.4, -0.2) is 25.3 Å². The number of anilines is 1. The molecular weight excluding hydrogens is 218 g/mol. The molecule has 1 heterocycles. The van der Waals surface area contributed by atoms with Crippen LogP contribution < -0.4 is 15.5 Å². The molecule has 2 rings (SSSR count). The van der Waals surface area contributed by atoms with Crippen molar-refractivity contribution >= 4 is 17.3 Å². The zero-order chi connectivity index (χ0) is 12.3. The van der Waals surface area contributed by atoms with Crippen molar-refractivity contribution in [1.82, 2.24) is 0 Å². The molecule has 0 fully saturated rings. The highest BCUT2D eigenvalue weighted by molar-refractivity contribution is 6.13. The zero-order valence-electron chi connectivity index (χ0n) is 9.72. The molecule has 2 N–H and O–H groups in total. The second kappa shape index (κ2) is 4.97. The van der Waals surface area contributed by atoms with Gasteiger partial charge in [0.2, 0.25) is 0 Å². The summed E-state index contributed by atoms with van der Waals surface area (Å²) in [5.41, 5.74) is 6.95. The number of ether oxygens (including phenoxy) is 1. The van der Waals surface area contributed by atoms with Gasteiger partial charge in [-0.1, -0.05) is 12.1 Å². The Bertz CT molecular complexity index is 457. The molecule has 0 aromatic heterocycles. The molecule has 1 aromatic rings. The highest BCUT2D eigenvalue weighted by Gasteiger charge is 2.26. The van der Waals surface area contributed by atoms with E-state index in [1.807, 2.05) is 18.2 Å². The molecular formula is C12H15N3O2. The maximum Gasteiger partial charge on any atom is 0.253 e. The molecule has 1 aromatic carbocycles. The molecule has 1 aliphatic heterocycles. The Morgan fingerprint density at radius 1 is 1.47 bits per heavy atom. The maximum absolute atomic E-state index is 11.8. The first kappa shape index (κ1) is 11.6. The van der Waals surface area contributed by atoms with Gasteiger partial charge in [-0.15, -0.1) is 0 Å². The fourth-order valence-corrected chi connectivity index (χ4v) is 1.78. The molecule has 90 valence electrons. The molecule has 1 amide bonds. The van der Waals surface area contributed by atoms with Crippen molar-refractivity contribution in [2.45, 2.75) is 12.8 Å². The summed E-state index contributed by atoms with van der Waals surface area (Å²) in [6, 6.07) is 7.32. The van der Waals surface area contributed by atoms with E-state index in [1.165, 1.54) is 5.01 Å². The average molecular weight is 233 g/mol. The second-order valence-corrected chi connectivity index (χ2v) is 3.76. The van der Waals surface area contributed by atoms with Gasteiger partial charge in [-0.05, 0) is 18.7 Å². The lowest BCUT2D eigenvalue weighted by molar-refractivity contribution is -0.116. The lowest BCUT2D eigenvalue weighted by Gasteiger charge is -2.14. The standard InChI is InChI=1S/C12H15N3O2/c1-17-11-5-3-2-4-10(11)15-12(16)8-9(14-15)6-7-13/h2-5H,6-8,13H2,1H3. The quantitative estimate of drug-likeness (QED) is 0.847. The molecule has 17 heavy (non-hydrogen) atoms. The minimum atomic E-state index is -0.0436. The smallest absolute Gasteiger partial charge is 0.253 e. The first-order chi connectivity index (χ1) is 8.26. The molecule has 0 unspecified atom stereocenters. The average Bonchev–Trinajstić information content (AvgIpc) is 2.70. The normalized spacial score (nSPS) is 15.1. The molecule has 0 saturated carbocycles. The molecule has 0 radical (unpaired) electrons. The van der Waals surface area contributed by atoms with Crippen LogP contribution in [0.15, 0.2) is 29.4 Å². The minimum Gasteiger partial charge on any atom is -0.494 e. The Morgan fingerprint density at radius 3 is 2.94 bits per heavy atom. The Morgan fingerprint density at radius 2 is 2.24 bits per heavy atom. The van der Waals surface area contributed by atoms with E-state index in [0.717, 1.165) is 5.71 Å². The summed E-state index contributed by atoms with van der Waals surface area (Å²) >= 11 is 0. The number of amides is 1. The van der Waals surface area contributed by atoms with Gasteiger partial charge in [0.15, 0.2) is 0 Å². The van der Waals surface area contributed by atoms with Crippen LogP contribution >= 0.6 is 0 Å². The topological polar surface area (TPSA) is 67.9 Å². The number of hydrogen-bond acceptors (Lipinski definition) is 4. The number of nitrogens with two attached hydrogens (primary N) is 1. The third-order valence-electron chi connectivity index (χ3n) is 2.58. The maximum atomic E-state index is 11.8. The first-order valence-electron chi connectivity index (χ1n) is 5.48. The van der Waals surface area contributed by atoms with Gasteiger partial charge in [0, 0.05) is 12.1 Å². The lowest BCUT2D eigenvalue weighted by atomic mass is 10.2. The van der Waals surface area contributed by atoms with Gasteiger partial charge in [0.1, 0.15) is 11.4 Å². The largest absolute Gasteiger partial charge is 0.494 e. The summed E-state index contributed by atoms with van der Waals surface area (Å²) in [6.07, 6.45) is 0.993. The number of nitrogens with zero attached hydrogens (tertiary/aromatic N) is 2. The van der Waals surface area contributed by atoms with Crippen molar-refractivity contribution in [2.75, 3.05) is 18.7 Å². The predicted octanol–water partition coefficient (Wildman–Crippen LogP) is 1.14. The number of methoxy groups -OCH3 is 1. The Kier molecular flexibility index (Phi) is 3.39. The van der Waals surface area contributed by atoms with Crippen molar-refractivity contribution in [2.24, 2.45) is 10.8 Å². The zero-order valence-corrected chi connectivity index (χ0v) is 9.72. The van der Waals surface area contributed by atoms with Gasteiger partial charge in [0.25, 0.3) is 5.91 Å². The van der Waals surface area contributed by atoms with Crippen LogP contribution in [0.3, 0.4) is 0 Å². The highest BCUT2D eigenvalue weighted by atomic mass is 16.5. The molecule has 0 bridgehead atoms. The third kappa shape index (κ3) is 2.29. The van der Waals surface area contributed by atoms with Gasteiger partial charge >= 0.3 is 0 Å². The van der Waals surface area contributed by atoms with Gasteiger partial charge in [-0.2, -0.15) is 10.1 Å². The van der Waals surface area contributed by atoms with Gasteiger partial charge in [-0.25, -0.2) is 0 Å². The van der Waals surface area contributed by atoms with Crippen molar-refractivity contribution in [3.63, 3.8) is 0 Å². The summed E-state index contributed by atoms with van der Waals surface area (Å²) in [4.78, 5) is 11.8. The van der Waals surface area contributed by atoms with E-state index in [0.29, 0.717) is 30.8 Å². The molecule has 0 aliphatic carbocycles. The summed E-state index contributed by atoms with van der Waals surface area (Å²) in [7, 11) is 1.57.